The Morgan fingerprint density at radius 2 is 2.07 bits per heavy atom. The van der Waals surface area contributed by atoms with Crippen LogP contribution < -0.4 is 4.74 Å². The Kier molecular flexibility index (Phi) is 4.71. The van der Waals surface area contributed by atoms with Crippen molar-refractivity contribution in [2.75, 3.05) is 19.7 Å². The van der Waals surface area contributed by atoms with Gasteiger partial charge in [-0.05, 0) is 35.7 Å². The Labute approximate surface area is 173 Å². The normalized spacial score (nSPS) is 13.5. The number of hydrogen-bond acceptors (Lipinski definition) is 8. The summed E-state index contributed by atoms with van der Waals surface area (Å²) in [4.78, 5) is 19.0. The van der Waals surface area contributed by atoms with Gasteiger partial charge >= 0.3 is 0 Å². The minimum Gasteiger partial charge on any atom is -0.492 e. The van der Waals surface area contributed by atoms with Crippen LogP contribution in [0.4, 0.5) is 4.39 Å². The molecule has 0 aliphatic carbocycles. The Balaban J connectivity index is 1.31. The number of thiophene rings is 1. The van der Waals surface area contributed by atoms with Gasteiger partial charge in [0.25, 0.3) is 11.8 Å². The first kappa shape index (κ1) is 18.4. The van der Waals surface area contributed by atoms with Gasteiger partial charge in [0.2, 0.25) is 5.82 Å². The van der Waals surface area contributed by atoms with E-state index in [0.717, 1.165) is 5.56 Å². The predicted octanol–water partition coefficient (Wildman–Crippen LogP) is 2.73. The van der Waals surface area contributed by atoms with Crippen molar-refractivity contribution < 1.29 is 18.4 Å². The van der Waals surface area contributed by atoms with Crippen molar-refractivity contribution in [3.05, 3.63) is 52.6 Å². The molecule has 0 unspecified atom stereocenters. The maximum absolute atomic E-state index is 13.0. The molecule has 152 valence electrons. The van der Waals surface area contributed by atoms with Crippen molar-refractivity contribution in [3.8, 4) is 28.7 Å². The second-order valence-electron chi connectivity index (χ2n) is 6.54. The van der Waals surface area contributed by atoms with Crippen LogP contribution in [0.3, 0.4) is 0 Å². The SMILES string of the molecule is O=C1c2c(-c3nc(-c4ccsc4)no3)nnn2CCN1CCOc1ccc(F)cc1. The molecule has 0 bridgehead atoms. The zero-order chi connectivity index (χ0) is 20.5. The average Bonchev–Trinajstić information content (AvgIpc) is 3.51. The molecule has 1 amide bonds. The van der Waals surface area contributed by atoms with Crippen molar-refractivity contribution in [2.24, 2.45) is 0 Å². The molecule has 0 fully saturated rings. The largest absolute Gasteiger partial charge is 0.492 e. The van der Waals surface area contributed by atoms with E-state index in [2.05, 4.69) is 20.5 Å². The lowest BCUT2D eigenvalue weighted by Crippen LogP contribution is -2.42. The topological polar surface area (TPSA) is 99.2 Å². The lowest BCUT2D eigenvalue weighted by atomic mass is 10.2. The van der Waals surface area contributed by atoms with Gasteiger partial charge in [-0.3, -0.25) is 4.79 Å². The fraction of sp³-hybridized carbons (Fsp3) is 0.211. The Morgan fingerprint density at radius 1 is 1.20 bits per heavy atom. The standard InChI is InChI=1S/C19H15FN6O3S/c20-13-1-3-14(4-2-13)28-9-8-25-6-7-26-16(19(25)27)15(22-24-26)18-21-17(23-29-18)12-5-10-30-11-12/h1-5,10-11H,6-9H2. The third-order valence-corrected chi connectivity index (χ3v) is 5.34. The van der Waals surface area contributed by atoms with E-state index in [1.807, 2.05) is 16.8 Å². The molecular weight excluding hydrogens is 411 g/mol. The molecule has 0 spiro atoms. The molecule has 5 rings (SSSR count). The summed E-state index contributed by atoms with van der Waals surface area (Å²) >= 11 is 1.53. The second-order valence-corrected chi connectivity index (χ2v) is 7.32. The van der Waals surface area contributed by atoms with Crippen LogP contribution in [-0.4, -0.2) is 55.6 Å². The van der Waals surface area contributed by atoms with Crippen LogP contribution >= 0.6 is 11.3 Å². The highest BCUT2D eigenvalue weighted by atomic mass is 32.1. The molecule has 1 aliphatic heterocycles. The van der Waals surface area contributed by atoms with Crippen molar-refractivity contribution in [2.45, 2.75) is 6.54 Å². The number of amides is 1. The van der Waals surface area contributed by atoms with Crippen molar-refractivity contribution in [1.29, 1.82) is 0 Å². The summed E-state index contributed by atoms with van der Waals surface area (Å²) < 4.78 is 25.5. The summed E-state index contributed by atoms with van der Waals surface area (Å²) in [5, 5.41) is 15.9. The molecule has 0 saturated carbocycles. The first-order valence-corrected chi connectivity index (χ1v) is 10.1. The number of ether oxygens (including phenoxy) is 1. The van der Waals surface area contributed by atoms with Crippen molar-refractivity contribution in [3.63, 3.8) is 0 Å². The van der Waals surface area contributed by atoms with Crippen LogP contribution in [0.2, 0.25) is 0 Å². The van der Waals surface area contributed by atoms with Crippen LogP contribution in [0, 0.1) is 5.82 Å². The summed E-state index contributed by atoms with van der Waals surface area (Å²) in [6.07, 6.45) is 0. The summed E-state index contributed by atoms with van der Waals surface area (Å²) in [7, 11) is 0. The lowest BCUT2D eigenvalue weighted by molar-refractivity contribution is 0.0670. The molecule has 1 aromatic carbocycles. The molecule has 9 nitrogen and oxygen atoms in total. The number of fused-ring (bicyclic) bond motifs is 1. The number of nitrogens with zero attached hydrogens (tertiary/aromatic N) is 6. The van der Waals surface area contributed by atoms with E-state index in [0.29, 0.717) is 36.9 Å². The molecule has 1 aliphatic rings. The van der Waals surface area contributed by atoms with Crippen LogP contribution in [0.1, 0.15) is 10.5 Å². The van der Waals surface area contributed by atoms with Gasteiger partial charge in [-0.2, -0.15) is 16.3 Å². The molecule has 0 N–H and O–H groups in total. The highest BCUT2D eigenvalue weighted by molar-refractivity contribution is 7.08. The molecule has 11 heteroatoms. The number of benzene rings is 1. The summed E-state index contributed by atoms with van der Waals surface area (Å²) in [6, 6.07) is 7.63. The smallest absolute Gasteiger partial charge is 0.281 e. The summed E-state index contributed by atoms with van der Waals surface area (Å²) in [5.41, 5.74) is 1.41. The first-order valence-electron chi connectivity index (χ1n) is 9.17. The molecule has 4 heterocycles. The van der Waals surface area contributed by atoms with Crippen molar-refractivity contribution in [1.82, 2.24) is 30.0 Å². The first-order chi connectivity index (χ1) is 14.7. The minimum absolute atomic E-state index is 0.148. The Hall–Kier alpha value is -3.60. The zero-order valence-corrected chi connectivity index (χ0v) is 16.4. The molecule has 0 radical (unpaired) electrons. The quantitative estimate of drug-likeness (QED) is 0.467. The van der Waals surface area contributed by atoms with Gasteiger partial charge in [0, 0.05) is 17.5 Å². The monoisotopic (exact) mass is 426 g/mol. The van der Waals surface area contributed by atoms with E-state index >= 15 is 0 Å². The number of halogens is 1. The number of aromatic nitrogens is 5. The number of hydrogen-bond donors (Lipinski definition) is 0. The van der Waals surface area contributed by atoms with Crippen LogP contribution in [0.5, 0.6) is 5.75 Å². The lowest BCUT2D eigenvalue weighted by Gasteiger charge is -2.27. The van der Waals surface area contributed by atoms with Gasteiger partial charge in [0.1, 0.15) is 18.2 Å². The maximum atomic E-state index is 13.0. The Morgan fingerprint density at radius 3 is 2.87 bits per heavy atom. The van der Waals surface area contributed by atoms with Gasteiger partial charge in [0.05, 0.1) is 13.1 Å². The van der Waals surface area contributed by atoms with Gasteiger partial charge in [-0.1, -0.05) is 10.4 Å². The van der Waals surface area contributed by atoms with Gasteiger partial charge in [-0.15, -0.1) is 5.10 Å². The minimum atomic E-state index is -0.329. The number of carbonyl (C=O) groups is 1. The molecular formula is C19H15FN6O3S. The number of carbonyl (C=O) groups excluding carboxylic acids is 1. The van der Waals surface area contributed by atoms with Gasteiger partial charge < -0.3 is 14.2 Å². The molecule has 30 heavy (non-hydrogen) atoms. The second kappa shape index (κ2) is 7.67. The van der Waals surface area contributed by atoms with Crippen LogP contribution in [0.25, 0.3) is 23.0 Å². The highest BCUT2D eigenvalue weighted by Crippen LogP contribution is 2.26. The zero-order valence-electron chi connectivity index (χ0n) is 15.6. The average molecular weight is 426 g/mol. The van der Waals surface area contributed by atoms with E-state index in [9.17, 15) is 9.18 Å². The van der Waals surface area contributed by atoms with E-state index in [-0.39, 0.29) is 29.9 Å². The third kappa shape index (κ3) is 3.43. The van der Waals surface area contributed by atoms with E-state index in [1.165, 1.54) is 23.5 Å². The Bertz CT molecular complexity index is 1170. The van der Waals surface area contributed by atoms with E-state index < -0.39 is 0 Å². The maximum Gasteiger partial charge on any atom is 0.281 e. The highest BCUT2D eigenvalue weighted by Gasteiger charge is 2.32. The molecule has 4 aromatic rings. The fourth-order valence-corrected chi connectivity index (χ4v) is 3.77. The van der Waals surface area contributed by atoms with Gasteiger partial charge in [-0.25, -0.2) is 9.07 Å². The van der Waals surface area contributed by atoms with Crippen molar-refractivity contribution >= 4 is 17.2 Å². The number of rotatable bonds is 6. The van der Waals surface area contributed by atoms with Crippen LogP contribution in [0.15, 0.2) is 45.6 Å². The van der Waals surface area contributed by atoms with E-state index in [1.54, 1.807) is 21.7 Å². The summed E-state index contributed by atoms with van der Waals surface area (Å²) in [5.74, 6) is 0.556. The molecule has 3 aromatic heterocycles. The van der Waals surface area contributed by atoms with E-state index in [4.69, 9.17) is 9.26 Å². The summed E-state index contributed by atoms with van der Waals surface area (Å²) in [6.45, 7) is 1.61. The predicted molar refractivity (Wildman–Crippen MR) is 104 cm³/mol. The molecule has 0 atom stereocenters. The molecule has 0 saturated heterocycles. The van der Waals surface area contributed by atoms with Gasteiger partial charge in [0.15, 0.2) is 11.4 Å². The fourth-order valence-electron chi connectivity index (χ4n) is 3.14. The third-order valence-electron chi connectivity index (χ3n) is 4.66. The van der Waals surface area contributed by atoms with Crippen LogP contribution in [-0.2, 0) is 6.54 Å².